The molecule has 10 heteroatoms. The van der Waals surface area contributed by atoms with Crippen molar-refractivity contribution in [2.75, 3.05) is 25.0 Å². The highest BCUT2D eigenvalue weighted by Gasteiger charge is 2.38. The first-order chi connectivity index (χ1) is 16.9. The number of hydrogen-bond donors (Lipinski definition) is 3. The fraction of sp³-hybridized carbons (Fsp3) is 0.320. The number of H-pyrrole nitrogens is 1. The van der Waals surface area contributed by atoms with Crippen LogP contribution in [0.1, 0.15) is 47.4 Å². The van der Waals surface area contributed by atoms with Gasteiger partial charge in [0, 0.05) is 19.0 Å². The van der Waals surface area contributed by atoms with E-state index in [9.17, 15) is 19.5 Å². The predicted molar refractivity (Wildman–Crippen MR) is 126 cm³/mol. The minimum absolute atomic E-state index is 0.0297. The Morgan fingerprint density at radius 2 is 1.69 bits per heavy atom. The molecule has 2 aromatic carbocycles. The first-order valence-electron chi connectivity index (χ1n) is 11.4. The number of piperidine rings is 1. The molecular weight excluding hydrogens is 450 g/mol. The molecule has 2 heterocycles. The molecule has 0 atom stereocenters. The molecule has 1 aromatic heterocycles. The zero-order chi connectivity index (χ0) is 24.6. The Bertz CT molecular complexity index is 1250. The van der Waals surface area contributed by atoms with Crippen LogP contribution in [-0.4, -0.2) is 62.9 Å². The van der Waals surface area contributed by atoms with Crippen molar-refractivity contribution >= 4 is 23.9 Å². The third kappa shape index (κ3) is 4.23. The van der Waals surface area contributed by atoms with E-state index < -0.39 is 23.4 Å². The number of rotatable bonds is 5. The summed E-state index contributed by atoms with van der Waals surface area (Å²) in [6, 6.07) is 16.1. The van der Waals surface area contributed by atoms with Gasteiger partial charge in [0.05, 0.1) is 5.41 Å². The van der Waals surface area contributed by atoms with E-state index in [1.165, 1.54) is 4.90 Å². The van der Waals surface area contributed by atoms with Gasteiger partial charge in [0.2, 0.25) is 5.82 Å². The van der Waals surface area contributed by atoms with E-state index in [4.69, 9.17) is 4.74 Å². The Morgan fingerprint density at radius 3 is 2.29 bits per heavy atom. The summed E-state index contributed by atoms with van der Waals surface area (Å²) in [6.45, 7) is 2.43. The number of carbonyl (C=O) groups is 3. The van der Waals surface area contributed by atoms with E-state index in [1.54, 1.807) is 6.92 Å². The Hall–Kier alpha value is -4.21. The maximum Gasteiger partial charge on any atom is 0.414 e. The van der Waals surface area contributed by atoms with E-state index in [1.807, 2.05) is 36.4 Å². The van der Waals surface area contributed by atoms with Gasteiger partial charge in [-0.3, -0.25) is 20.0 Å². The standard InChI is InChI=1S/C25H25N5O5/c1-25(22(32)33)10-12-30(13-11-25)21(31)20-26-23(29-28-20)27-24(34)35-14-19-17-8-4-2-6-15(17)16-7-3-5-9-18(16)19/h2-9,19H,10-14H2,1H3,(H,32,33)(H2,26,27,28,29,34). The lowest BCUT2D eigenvalue weighted by molar-refractivity contribution is -0.150. The molecule has 10 nitrogen and oxygen atoms in total. The number of likely N-dealkylation sites (tertiary alicyclic amines) is 1. The van der Waals surface area contributed by atoms with Crippen molar-refractivity contribution in [1.82, 2.24) is 20.1 Å². The van der Waals surface area contributed by atoms with Crippen molar-refractivity contribution in [3.63, 3.8) is 0 Å². The summed E-state index contributed by atoms with van der Waals surface area (Å²) in [6.07, 6.45) is -0.0137. The van der Waals surface area contributed by atoms with Gasteiger partial charge in [-0.1, -0.05) is 48.5 Å². The molecule has 1 saturated heterocycles. The van der Waals surface area contributed by atoms with Crippen LogP contribution < -0.4 is 5.32 Å². The van der Waals surface area contributed by atoms with Gasteiger partial charge in [0.15, 0.2) is 0 Å². The highest BCUT2D eigenvalue weighted by molar-refractivity contribution is 5.91. The van der Waals surface area contributed by atoms with E-state index in [0.29, 0.717) is 25.9 Å². The zero-order valence-corrected chi connectivity index (χ0v) is 19.2. The molecule has 0 spiro atoms. The first-order valence-corrected chi connectivity index (χ1v) is 11.4. The number of carboxylic acid groups (broad SMARTS) is 1. The maximum atomic E-state index is 12.7. The van der Waals surface area contributed by atoms with Crippen LogP contribution in [0.4, 0.5) is 10.7 Å². The van der Waals surface area contributed by atoms with Gasteiger partial charge < -0.3 is 14.7 Å². The molecule has 0 unspecified atom stereocenters. The zero-order valence-electron chi connectivity index (χ0n) is 19.2. The van der Waals surface area contributed by atoms with E-state index in [2.05, 4.69) is 32.6 Å². The maximum absolute atomic E-state index is 12.7. The second kappa shape index (κ2) is 8.86. The summed E-state index contributed by atoms with van der Waals surface area (Å²) in [7, 11) is 0. The lowest BCUT2D eigenvalue weighted by atomic mass is 9.80. The summed E-state index contributed by atoms with van der Waals surface area (Å²) in [5.74, 6) is -1.44. The van der Waals surface area contributed by atoms with E-state index in [0.717, 1.165) is 22.3 Å². The van der Waals surface area contributed by atoms with Crippen LogP contribution in [0.3, 0.4) is 0 Å². The average Bonchev–Trinajstić information content (AvgIpc) is 3.45. The number of fused-ring (bicyclic) bond motifs is 3. The van der Waals surface area contributed by atoms with Crippen molar-refractivity contribution in [1.29, 1.82) is 0 Å². The number of nitrogens with zero attached hydrogens (tertiary/aromatic N) is 3. The number of ether oxygens (including phenoxy) is 1. The van der Waals surface area contributed by atoms with Crippen LogP contribution >= 0.6 is 0 Å². The number of aromatic nitrogens is 3. The van der Waals surface area contributed by atoms with Crippen LogP contribution in [-0.2, 0) is 9.53 Å². The number of benzene rings is 2. The number of nitrogens with one attached hydrogen (secondary N) is 2. The number of anilines is 1. The molecule has 2 amide bonds. The molecule has 0 saturated carbocycles. The molecule has 5 rings (SSSR count). The van der Waals surface area contributed by atoms with Crippen molar-refractivity contribution in [3.05, 3.63) is 65.5 Å². The fourth-order valence-corrected chi connectivity index (χ4v) is 4.71. The van der Waals surface area contributed by atoms with Gasteiger partial charge in [-0.15, -0.1) is 5.10 Å². The lowest BCUT2D eigenvalue weighted by Gasteiger charge is -2.35. The molecule has 35 heavy (non-hydrogen) atoms. The van der Waals surface area contributed by atoms with Crippen molar-refractivity contribution in [2.24, 2.45) is 5.41 Å². The Balaban J connectivity index is 1.18. The van der Waals surface area contributed by atoms with Crippen LogP contribution in [0.15, 0.2) is 48.5 Å². The minimum atomic E-state index is -0.862. The van der Waals surface area contributed by atoms with E-state index >= 15 is 0 Å². The smallest absolute Gasteiger partial charge is 0.414 e. The van der Waals surface area contributed by atoms with Gasteiger partial charge in [-0.25, -0.2) is 4.79 Å². The first kappa shape index (κ1) is 22.6. The Kier molecular flexibility index (Phi) is 5.72. The largest absolute Gasteiger partial charge is 0.481 e. The lowest BCUT2D eigenvalue weighted by Crippen LogP contribution is -2.45. The van der Waals surface area contributed by atoms with Crippen molar-refractivity contribution in [2.45, 2.75) is 25.7 Å². The van der Waals surface area contributed by atoms with Gasteiger partial charge in [-0.05, 0) is 42.0 Å². The molecule has 1 fully saturated rings. The Labute approximate surface area is 201 Å². The number of aromatic amines is 1. The fourth-order valence-electron chi connectivity index (χ4n) is 4.71. The third-order valence-electron chi connectivity index (χ3n) is 6.92. The normalized spacial score (nSPS) is 16.3. The SMILES string of the molecule is CC1(C(=O)O)CCN(C(=O)c2nc(NC(=O)OCC3c4ccccc4-c4ccccc43)n[nH]2)CC1. The predicted octanol–water partition coefficient (Wildman–Crippen LogP) is 3.49. The molecule has 1 aliphatic heterocycles. The third-order valence-corrected chi connectivity index (χ3v) is 6.92. The molecule has 0 bridgehead atoms. The van der Waals surface area contributed by atoms with Gasteiger partial charge in [-0.2, -0.15) is 4.98 Å². The number of hydrogen-bond acceptors (Lipinski definition) is 6. The summed E-state index contributed by atoms with van der Waals surface area (Å²) < 4.78 is 5.48. The monoisotopic (exact) mass is 475 g/mol. The van der Waals surface area contributed by atoms with Gasteiger partial charge in [0.1, 0.15) is 6.61 Å². The molecule has 3 N–H and O–H groups in total. The summed E-state index contributed by atoms with van der Waals surface area (Å²) in [5.41, 5.74) is 3.64. The molecule has 1 aliphatic carbocycles. The van der Waals surface area contributed by atoms with Crippen molar-refractivity contribution in [3.8, 4) is 11.1 Å². The van der Waals surface area contributed by atoms with Gasteiger partial charge >= 0.3 is 12.1 Å². The number of amides is 2. The van der Waals surface area contributed by atoms with Crippen molar-refractivity contribution < 1.29 is 24.2 Å². The average molecular weight is 476 g/mol. The second-order valence-corrected chi connectivity index (χ2v) is 9.12. The highest BCUT2D eigenvalue weighted by atomic mass is 16.5. The number of carbonyl (C=O) groups excluding carboxylic acids is 2. The second-order valence-electron chi connectivity index (χ2n) is 9.12. The van der Waals surface area contributed by atoms with Crippen LogP contribution in [0, 0.1) is 5.41 Å². The topological polar surface area (TPSA) is 138 Å². The molecule has 3 aromatic rings. The molecule has 180 valence electrons. The van der Waals surface area contributed by atoms with Crippen LogP contribution in [0.5, 0.6) is 0 Å². The molecule has 2 aliphatic rings. The number of carboxylic acids is 1. The van der Waals surface area contributed by atoms with Gasteiger partial charge in [0.25, 0.3) is 11.9 Å². The summed E-state index contributed by atoms with van der Waals surface area (Å²) >= 11 is 0. The van der Waals surface area contributed by atoms with Crippen LogP contribution in [0.25, 0.3) is 11.1 Å². The minimum Gasteiger partial charge on any atom is -0.481 e. The molecular formula is C25H25N5O5. The highest BCUT2D eigenvalue weighted by Crippen LogP contribution is 2.44. The summed E-state index contributed by atoms with van der Waals surface area (Å²) in [4.78, 5) is 42.1. The Morgan fingerprint density at radius 1 is 1.09 bits per heavy atom. The molecule has 0 radical (unpaired) electrons. The number of aliphatic carboxylic acids is 1. The summed E-state index contributed by atoms with van der Waals surface area (Å²) in [5, 5.41) is 18.2. The quantitative estimate of drug-likeness (QED) is 0.514. The van der Waals surface area contributed by atoms with Crippen LogP contribution in [0.2, 0.25) is 0 Å². The van der Waals surface area contributed by atoms with E-state index in [-0.39, 0.29) is 24.3 Å².